The number of nitrogens with two attached hydrogens (primary N) is 1. The fourth-order valence-electron chi connectivity index (χ4n) is 1.83. The molecule has 2 N–H and O–H groups in total. The normalized spacial score (nSPS) is 14.1. The van der Waals surface area contributed by atoms with Gasteiger partial charge in [0.25, 0.3) is 0 Å². The van der Waals surface area contributed by atoms with Crippen molar-refractivity contribution >= 4 is 21.1 Å². The van der Waals surface area contributed by atoms with Crippen LogP contribution in [0, 0.1) is 0 Å². The highest BCUT2D eigenvalue weighted by atomic mass is 32.2. The van der Waals surface area contributed by atoms with Gasteiger partial charge >= 0.3 is 5.76 Å². The molecule has 1 heterocycles. The van der Waals surface area contributed by atoms with Gasteiger partial charge in [-0.25, -0.2) is 13.2 Å². The first-order valence-electron chi connectivity index (χ1n) is 6.06. The Morgan fingerprint density at radius 1 is 1.45 bits per heavy atom. The number of nitrogens with zero attached hydrogens (tertiary/aromatic N) is 2. The molecule has 1 aromatic carbocycles. The van der Waals surface area contributed by atoms with Crippen molar-refractivity contribution in [1.29, 1.82) is 0 Å². The summed E-state index contributed by atoms with van der Waals surface area (Å²) in [5, 5.41) is 0. The van der Waals surface area contributed by atoms with Gasteiger partial charge in [-0.15, -0.1) is 0 Å². The molecule has 20 heavy (non-hydrogen) atoms. The Bertz CT molecular complexity index is 791. The second-order valence-corrected chi connectivity index (χ2v) is 6.66. The second-order valence-electron chi connectivity index (χ2n) is 4.66. The fourth-order valence-corrected chi connectivity index (χ4v) is 3.21. The molecule has 0 saturated carbocycles. The first-order valence-corrected chi connectivity index (χ1v) is 7.50. The molecule has 110 valence electrons. The number of hydrogen-bond donors (Lipinski definition) is 1. The molecule has 2 rings (SSSR count). The van der Waals surface area contributed by atoms with Gasteiger partial charge < -0.3 is 10.2 Å². The molecule has 0 bridgehead atoms. The lowest BCUT2D eigenvalue weighted by molar-refractivity contribution is 0.394. The van der Waals surface area contributed by atoms with E-state index in [-0.39, 0.29) is 23.1 Å². The Morgan fingerprint density at radius 2 is 2.10 bits per heavy atom. The van der Waals surface area contributed by atoms with Gasteiger partial charge in [-0.05, 0) is 19.1 Å². The number of rotatable bonds is 4. The largest absolute Gasteiger partial charge is 0.419 e. The van der Waals surface area contributed by atoms with Crippen molar-refractivity contribution in [1.82, 2.24) is 8.87 Å². The van der Waals surface area contributed by atoms with Gasteiger partial charge in [0, 0.05) is 32.7 Å². The number of fused-ring (bicyclic) bond motifs is 1. The van der Waals surface area contributed by atoms with E-state index in [1.54, 1.807) is 20.0 Å². The van der Waals surface area contributed by atoms with Gasteiger partial charge in [-0.3, -0.25) is 4.57 Å². The zero-order chi connectivity index (χ0) is 15.1. The van der Waals surface area contributed by atoms with Crippen LogP contribution in [-0.4, -0.2) is 36.9 Å². The van der Waals surface area contributed by atoms with Crippen LogP contribution in [0.1, 0.15) is 6.92 Å². The van der Waals surface area contributed by atoms with E-state index in [1.165, 1.54) is 28.1 Å². The molecule has 1 atom stereocenters. The highest BCUT2D eigenvalue weighted by Gasteiger charge is 2.25. The molecule has 8 heteroatoms. The molecular formula is C12H17N3O4S. The molecule has 2 aromatic rings. The van der Waals surface area contributed by atoms with Crippen LogP contribution >= 0.6 is 0 Å². The Kier molecular flexibility index (Phi) is 3.72. The molecule has 1 aromatic heterocycles. The molecule has 0 aliphatic carbocycles. The topological polar surface area (TPSA) is 98.5 Å². The smallest absolute Gasteiger partial charge is 0.408 e. The monoisotopic (exact) mass is 299 g/mol. The first-order chi connectivity index (χ1) is 9.28. The summed E-state index contributed by atoms with van der Waals surface area (Å²) < 4.78 is 32.3. The summed E-state index contributed by atoms with van der Waals surface area (Å²) in [5.41, 5.74) is 6.28. The van der Waals surface area contributed by atoms with Crippen LogP contribution < -0.4 is 11.5 Å². The zero-order valence-electron chi connectivity index (χ0n) is 11.5. The molecule has 0 fully saturated rings. The van der Waals surface area contributed by atoms with Crippen LogP contribution in [0.25, 0.3) is 11.1 Å². The Morgan fingerprint density at radius 3 is 2.70 bits per heavy atom. The van der Waals surface area contributed by atoms with Gasteiger partial charge in [0.2, 0.25) is 10.0 Å². The van der Waals surface area contributed by atoms with Crippen LogP contribution in [-0.2, 0) is 17.1 Å². The van der Waals surface area contributed by atoms with Crippen molar-refractivity contribution < 1.29 is 12.8 Å². The predicted octanol–water partition coefficient (Wildman–Crippen LogP) is 0.0992. The summed E-state index contributed by atoms with van der Waals surface area (Å²) >= 11 is 0. The first kappa shape index (κ1) is 14.8. The average molecular weight is 299 g/mol. The van der Waals surface area contributed by atoms with Crippen molar-refractivity contribution in [2.75, 3.05) is 13.6 Å². The molecule has 0 aliphatic heterocycles. The van der Waals surface area contributed by atoms with E-state index in [9.17, 15) is 13.2 Å². The zero-order valence-corrected chi connectivity index (χ0v) is 12.3. The standard InChI is InChI=1S/C12H17N3O4S/c1-8(7-13)15(3)20(17,18)9-4-5-10-11(6-9)19-12(16)14(10)2/h4-6,8H,7,13H2,1-3H3. The van der Waals surface area contributed by atoms with E-state index >= 15 is 0 Å². The van der Waals surface area contributed by atoms with Gasteiger partial charge in [0.15, 0.2) is 5.58 Å². The number of aryl methyl sites for hydroxylation is 1. The highest BCUT2D eigenvalue weighted by molar-refractivity contribution is 7.89. The van der Waals surface area contributed by atoms with E-state index in [4.69, 9.17) is 10.2 Å². The number of aromatic nitrogens is 1. The lowest BCUT2D eigenvalue weighted by atomic mass is 10.3. The number of likely N-dealkylation sites (N-methyl/N-ethyl adjacent to an activating group) is 1. The van der Waals surface area contributed by atoms with Gasteiger partial charge in [0.05, 0.1) is 10.4 Å². The third-order valence-corrected chi connectivity index (χ3v) is 5.37. The molecule has 0 aliphatic rings. The maximum absolute atomic E-state index is 12.4. The SMILES string of the molecule is CC(CN)N(C)S(=O)(=O)c1ccc2c(c1)oc(=O)n2C. The maximum atomic E-state index is 12.4. The van der Waals surface area contributed by atoms with Gasteiger partial charge in [-0.1, -0.05) is 0 Å². The third-order valence-electron chi connectivity index (χ3n) is 3.40. The predicted molar refractivity (Wildman–Crippen MR) is 74.9 cm³/mol. The molecule has 7 nitrogen and oxygen atoms in total. The van der Waals surface area contributed by atoms with Crippen molar-refractivity contribution in [2.24, 2.45) is 12.8 Å². The fraction of sp³-hybridized carbons (Fsp3) is 0.417. The number of sulfonamides is 1. The van der Waals surface area contributed by atoms with Gasteiger partial charge in [-0.2, -0.15) is 4.31 Å². The summed E-state index contributed by atoms with van der Waals surface area (Å²) in [4.78, 5) is 11.5. The van der Waals surface area contributed by atoms with E-state index in [2.05, 4.69) is 0 Å². The number of benzene rings is 1. The molecule has 0 radical (unpaired) electrons. The second kappa shape index (κ2) is 5.04. The molecular weight excluding hydrogens is 282 g/mol. The molecule has 1 unspecified atom stereocenters. The van der Waals surface area contributed by atoms with Crippen LogP contribution in [0.5, 0.6) is 0 Å². The van der Waals surface area contributed by atoms with E-state index < -0.39 is 15.8 Å². The summed E-state index contributed by atoms with van der Waals surface area (Å²) in [6, 6.07) is 4.03. The summed E-state index contributed by atoms with van der Waals surface area (Å²) in [6.07, 6.45) is 0. The highest BCUT2D eigenvalue weighted by Crippen LogP contribution is 2.21. The Labute approximate surface area is 116 Å². The number of hydrogen-bond acceptors (Lipinski definition) is 5. The van der Waals surface area contributed by atoms with Crippen LogP contribution in [0.4, 0.5) is 0 Å². The van der Waals surface area contributed by atoms with Gasteiger partial charge in [0.1, 0.15) is 0 Å². The van der Waals surface area contributed by atoms with Crippen molar-refractivity contribution in [3.05, 3.63) is 28.7 Å². The minimum absolute atomic E-state index is 0.0714. The van der Waals surface area contributed by atoms with Crippen LogP contribution in [0.15, 0.2) is 32.3 Å². The minimum Gasteiger partial charge on any atom is -0.408 e. The van der Waals surface area contributed by atoms with E-state index in [0.717, 1.165) is 0 Å². The van der Waals surface area contributed by atoms with E-state index in [0.29, 0.717) is 5.52 Å². The van der Waals surface area contributed by atoms with Crippen molar-refractivity contribution in [3.63, 3.8) is 0 Å². The Balaban J connectivity index is 2.55. The maximum Gasteiger partial charge on any atom is 0.419 e. The molecule has 0 amide bonds. The Hall–Kier alpha value is -1.64. The lowest BCUT2D eigenvalue weighted by Crippen LogP contribution is -2.39. The number of oxazole rings is 1. The van der Waals surface area contributed by atoms with E-state index in [1.807, 2.05) is 0 Å². The summed E-state index contributed by atoms with van der Waals surface area (Å²) in [7, 11) is -0.632. The van der Waals surface area contributed by atoms with Crippen LogP contribution in [0.3, 0.4) is 0 Å². The minimum atomic E-state index is -3.66. The summed E-state index contributed by atoms with van der Waals surface area (Å²) in [6.45, 7) is 1.94. The van der Waals surface area contributed by atoms with Crippen molar-refractivity contribution in [2.45, 2.75) is 17.9 Å². The molecule has 0 saturated heterocycles. The lowest BCUT2D eigenvalue weighted by Gasteiger charge is -2.22. The average Bonchev–Trinajstić information content (AvgIpc) is 2.71. The third kappa shape index (κ3) is 2.26. The summed E-state index contributed by atoms with van der Waals surface area (Å²) in [5.74, 6) is -0.529. The molecule has 0 spiro atoms. The van der Waals surface area contributed by atoms with Crippen LogP contribution in [0.2, 0.25) is 0 Å². The quantitative estimate of drug-likeness (QED) is 0.863. The van der Waals surface area contributed by atoms with Crippen molar-refractivity contribution in [3.8, 4) is 0 Å².